The molecule has 0 saturated heterocycles. The van der Waals surface area contributed by atoms with Gasteiger partial charge in [-0.25, -0.2) is 0 Å². The first kappa shape index (κ1) is 14.9. The fraction of sp³-hybridized carbons (Fsp3) is 0.143. The quantitative estimate of drug-likeness (QED) is 0.713. The first-order chi connectivity index (χ1) is 8.97. The van der Waals surface area contributed by atoms with Crippen molar-refractivity contribution in [3.8, 4) is 11.5 Å². The summed E-state index contributed by atoms with van der Waals surface area (Å²) in [4.78, 5) is 0. The van der Waals surface area contributed by atoms with Crippen molar-refractivity contribution >= 4 is 43.5 Å². The zero-order valence-corrected chi connectivity index (χ0v) is 14.1. The van der Waals surface area contributed by atoms with Gasteiger partial charge in [0.05, 0.1) is 5.02 Å². The lowest BCUT2D eigenvalue weighted by Crippen LogP contribution is -2.06. The van der Waals surface area contributed by atoms with Crippen molar-refractivity contribution in [3.63, 3.8) is 0 Å². The SMILES string of the molecule is CC(N)c1cc(Br)ccc1Oc1ccc(Br)cc1Cl. The van der Waals surface area contributed by atoms with Gasteiger partial charge in [-0.05, 0) is 43.3 Å². The molecule has 0 aliphatic rings. The first-order valence-corrected chi connectivity index (χ1v) is 7.61. The fourth-order valence-corrected chi connectivity index (χ4v) is 2.74. The number of rotatable bonds is 3. The highest BCUT2D eigenvalue weighted by molar-refractivity contribution is 9.10. The van der Waals surface area contributed by atoms with Crippen molar-refractivity contribution in [1.29, 1.82) is 0 Å². The summed E-state index contributed by atoms with van der Waals surface area (Å²) >= 11 is 12.9. The average molecular weight is 406 g/mol. The van der Waals surface area contributed by atoms with Crippen LogP contribution in [0.5, 0.6) is 11.5 Å². The molecule has 1 atom stereocenters. The highest BCUT2D eigenvalue weighted by atomic mass is 79.9. The molecule has 0 aliphatic carbocycles. The van der Waals surface area contributed by atoms with Gasteiger partial charge in [-0.15, -0.1) is 0 Å². The van der Waals surface area contributed by atoms with Crippen LogP contribution in [-0.4, -0.2) is 0 Å². The van der Waals surface area contributed by atoms with E-state index in [0.717, 1.165) is 14.5 Å². The van der Waals surface area contributed by atoms with Crippen LogP contribution in [0.2, 0.25) is 5.02 Å². The van der Waals surface area contributed by atoms with Gasteiger partial charge >= 0.3 is 0 Å². The second-order valence-corrected chi connectivity index (χ2v) is 6.39. The second-order valence-electron chi connectivity index (χ2n) is 4.15. The van der Waals surface area contributed by atoms with E-state index in [1.807, 2.05) is 37.3 Å². The van der Waals surface area contributed by atoms with Crippen molar-refractivity contribution in [1.82, 2.24) is 0 Å². The van der Waals surface area contributed by atoms with E-state index in [2.05, 4.69) is 31.9 Å². The van der Waals surface area contributed by atoms with Crippen molar-refractivity contribution < 1.29 is 4.74 Å². The molecule has 2 N–H and O–H groups in total. The van der Waals surface area contributed by atoms with Gasteiger partial charge in [0.25, 0.3) is 0 Å². The van der Waals surface area contributed by atoms with E-state index >= 15 is 0 Å². The van der Waals surface area contributed by atoms with Gasteiger partial charge in [0.15, 0.2) is 0 Å². The normalized spacial score (nSPS) is 12.3. The van der Waals surface area contributed by atoms with Gasteiger partial charge in [-0.1, -0.05) is 43.5 Å². The van der Waals surface area contributed by atoms with Crippen LogP contribution >= 0.6 is 43.5 Å². The van der Waals surface area contributed by atoms with Gasteiger partial charge < -0.3 is 10.5 Å². The molecule has 1 unspecified atom stereocenters. The molecular weight excluding hydrogens is 393 g/mol. The maximum Gasteiger partial charge on any atom is 0.146 e. The molecule has 0 aromatic heterocycles. The number of ether oxygens (including phenoxy) is 1. The Morgan fingerprint density at radius 2 is 1.63 bits per heavy atom. The summed E-state index contributed by atoms with van der Waals surface area (Å²) < 4.78 is 7.73. The number of benzene rings is 2. The van der Waals surface area contributed by atoms with Crippen LogP contribution in [0.25, 0.3) is 0 Å². The van der Waals surface area contributed by atoms with E-state index in [9.17, 15) is 0 Å². The Bertz CT molecular complexity index is 602. The predicted octanol–water partition coefficient (Wildman–Crippen LogP) is 5.68. The summed E-state index contributed by atoms with van der Waals surface area (Å²) in [7, 11) is 0. The standard InChI is InChI=1S/C14H12Br2ClNO/c1-8(18)11-6-9(15)2-4-13(11)19-14-5-3-10(16)7-12(14)17/h2-8H,18H2,1H3. The summed E-state index contributed by atoms with van der Waals surface area (Å²) in [5.41, 5.74) is 6.88. The zero-order chi connectivity index (χ0) is 14.0. The minimum Gasteiger partial charge on any atom is -0.455 e. The maximum atomic E-state index is 6.15. The number of halogens is 3. The summed E-state index contributed by atoms with van der Waals surface area (Å²) in [6.45, 7) is 1.91. The highest BCUT2D eigenvalue weighted by Crippen LogP contribution is 2.35. The molecule has 0 spiro atoms. The summed E-state index contributed by atoms with van der Waals surface area (Å²) in [6, 6.07) is 11.1. The molecule has 0 bridgehead atoms. The lowest BCUT2D eigenvalue weighted by Gasteiger charge is -2.15. The molecule has 2 rings (SSSR count). The predicted molar refractivity (Wildman–Crippen MR) is 86.0 cm³/mol. The van der Waals surface area contributed by atoms with E-state index in [1.165, 1.54) is 0 Å². The molecule has 0 aliphatic heterocycles. The largest absolute Gasteiger partial charge is 0.455 e. The molecule has 2 aromatic rings. The zero-order valence-electron chi connectivity index (χ0n) is 10.2. The van der Waals surface area contributed by atoms with E-state index in [4.69, 9.17) is 22.1 Å². The Labute approximate surface area is 134 Å². The van der Waals surface area contributed by atoms with Crippen LogP contribution in [0.1, 0.15) is 18.5 Å². The maximum absolute atomic E-state index is 6.15. The molecule has 0 saturated carbocycles. The Kier molecular flexibility index (Phi) is 4.90. The molecule has 19 heavy (non-hydrogen) atoms. The molecule has 100 valence electrons. The minimum atomic E-state index is -0.123. The van der Waals surface area contributed by atoms with Crippen LogP contribution in [0.15, 0.2) is 45.3 Å². The van der Waals surface area contributed by atoms with E-state index in [1.54, 1.807) is 6.07 Å². The molecule has 0 amide bonds. The Balaban J connectivity index is 2.38. The Morgan fingerprint density at radius 3 is 2.21 bits per heavy atom. The molecule has 5 heteroatoms. The fourth-order valence-electron chi connectivity index (χ4n) is 1.64. The molecule has 0 heterocycles. The van der Waals surface area contributed by atoms with E-state index in [0.29, 0.717) is 16.5 Å². The lowest BCUT2D eigenvalue weighted by atomic mass is 10.1. The van der Waals surface area contributed by atoms with Crippen molar-refractivity contribution in [3.05, 3.63) is 55.9 Å². The van der Waals surface area contributed by atoms with E-state index < -0.39 is 0 Å². The van der Waals surface area contributed by atoms with Crippen molar-refractivity contribution in [2.24, 2.45) is 5.73 Å². The van der Waals surface area contributed by atoms with Crippen LogP contribution in [0, 0.1) is 0 Å². The summed E-state index contributed by atoms with van der Waals surface area (Å²) in [6.07, 6.45) is 0. The summed E-state index contributed by atoms with van der Waals surface area (Å²) in [5, 5.41) is 0.549. The Hall–Kier alpha value is -0.550. The van der Waals surface area contributed by atoms with Crippen LogP contribution in [0.3, 0.4) is 0 Å². The van der Waals surface area contributed by atoms with Gasteiger partial charge in [-0.3, -0.25) is 0 Å². The smallest absolute Gasteiger partial charge is 0.146 e. The minimum absolute atomic E-state index is 0.123. The van der Waals surface area contributed by atoms with E-state index in [-0.39, 0.29) is 6.04 Å². The van der Waals surface area contributed by atoms with Gasteiger partial charge in [-0.2, -0.15) is 0 Å². The van der Waals surface area contributed by atoms with Crippen molar-refractivity contribution in [2.45, 2.75) is 13.0 Å². The molecule has 2 nitrogen and oxygen atoms in total. The average Bonchev–Trinajstić information content (AvgIpc) is 2.34. The van der Waals surface area contributed by atoms with Crippen LogP contribution in [0.4, 0.5) is 0 Å². The highest BCUT2D eigenvalue weighted by Gasteiger charge is 2.11. The third kappa shape index (κ3) is 3.72. The molecule has 0 radical (unpaired) electrons. The van der Waals surface area contributed by atoms with Crippen molar-refractivity contribution in [2.75, 3.05) is 0 Å². The number of nitrogens with two attached hydrogens (primary N) is 1. The molecule has 0 fully saturated rings. The monoisotopic (exact) mass is 403 g/mol. The van der Waals surface area contributed by atoms with Gasteiger partial charge in [0.2, 0.25) is 0 Å². The van der Waals surface area contributed by atoms with Crippen LogP contribution in [-0.2, 0) is 0 Å². The number of hydrogen-bond acceptors (Lipinski definition) is 2. The second kappa shape index (κ2) is 6.27. The number of hydrogen-bond donors (Lipinski definition) is 1. The lowest BCUT2D eigenvalue weighted by molar-refractivity contribution is 0.472. The molecular formula is C14H12Br2ClNO. The summed E-state index contributed by atoms with van der Waals surface area (Å²) in [5.74, 6) is 1.32. The molecule has 2 aromatic carbocycles. The van der Waals surface area contributed by atoms with Gasteiger partial charge in [0.1, 0.15) is 11.5 Å². The third-order valence-electron chi connectivity index (χ3n) is 2.58. The Morgan fingerprint density at radius 1 is 1.05 bits per heavy atom. The van der Waals surface area contributed by atoms with Crippen LogP contribution < -0.4 is 10.5 Å². The third-order valence-corrected chi connectivity index (χ3v) is 3.86. The first-order valence-electron chi connectivity index (χ1n) is 5.65. The topological polar surface area (TPSA) is 35.2 Å². The van der Waals surface area contributed by atoms with Gasteiger partial charge in [0, 0.05) is 20.6 Å².